The number of nitrogens with one attached hydrogen (secondary N) is 1. The molecule has 0 aliphatic carbocycles. The van der Waals surface area contributed by atoms with Crippen LogP contribution in [-0.2, 0) is 5.41 Å². The molecule has 116 valence electrons. The number of aromatic nitrogens is 1. The summed E-state index contributed by atoms with van der Waals surface area (Å²) < 4.78 is 0. The van der Waals surface area contributed by atoms with Crippen LogP contribution < -0.4 is 11.1 Å². The summed E-state index contributed by atoms with van der Waals surface area (Å²) in [5.41, 5.74) is 10.2. The fourth-order valence-corrected chi connectivity index (χ4v) is 2.36. The Bertz CT molecular complexity index is 640. The van der Waals surface area contributed by atoms with Gasteiger partial charge in [-0.3, -0.25) is 9.98 Å². The second-order valence-electron chi connectivity index (χ2n) is 6.30. The van der Waals surface area contributed by atoms with Crippen LogP contribution in [0.25, 0.3) is 0 Å². The van der Waals surface area contributed by atoms with Gasteiger partial charge in [0, 0.05) is 23.0 Å². The molecule has 0 atom stereocenters. The van der Waals surface area contributed by atoms with E-state index in [0.717, 1.165) is 11.4 Å². The third kappa shape index (κ3) is 4.32. The molecule has 4 heteroatoms. The van der Waals surface area contributed by atoms with E-state index < -0.39 is 0 Å². The number of benzene rings is 1. The van der Waals surface area contributed by atoms with Gasteiger partial charge in [-0.05, 0) is 49.2 Å². The molecule has 1 aromatic carbocycles. The first-order chi connectivity index (χ1) is 10.4. The maximum absolute atomic E-state index is 6.01. The van der Waals surface area contributed by atoms with E-state index in [-0.39, 0.29) is 5.41 Å². The second kappa shape index (κ2) is 6.60. The lowest BCUT2D eigenvalue weighted by molar-refractivity contribution is 0.523. The van der Waals surface area contributed by atoms with Gasteiger partial charge in [-0.2, -0.15) is 0 Å². The highest BCUT2D eigenvalue weighted by Crippen LogP contribution is 2.21. The van der Waals surface area contributed by atoms with E-state index in [4.69, 9.17) is 5.73 Å². The van der Waals surface area contributed by atoms with Crippen LogP contribution in [0.5, 0.6) is 0 Å². The van der Waals surface area contributed by atoms with Crippen LogP contribution in [0.3, 0.4) is 0 Å². The number of nitrogens with zero attached hydrogens (tertiary/aromatic N) is 2. The van der Waals surface area contributed by atoms with Gasteiger partial charge in [0.25, 0.3) is 0 Å². The zero-order chi connectivity index (χ0) is 16.2. The van der Waals surface area contributed by atoms with E-state index >= 15 is 0 Å². The van der Waals surface area contributed by atoms with Crippen molar-refractivity contribution < 1.29 is 0 Å². The van der Waals surface area contributed by atoms with Crippen molar-refractivity contribution >= 4 is 11.6 Å². The molecule has 0 saturated carbocycles. The molecule has 0 spiro atoms. The van der Waals surface area contributed by atoms with Crippen LogP contribution >= 0.6 is 0 Å². The summed E-state index contributed by atoms with van der Waals surface area (Å²) >= 11 is 0. The maximum Gasteiger partial charge on any atom is 0.193 e. The fraction of sp³-hybridized carbons (Fsp3) is 0.333. The Morgan fingerprint density at radius 1 is 1.18 bits per heavy atom. The molecule has 0 aliphatic rings. The Hall–Kier alpha value is -2.36. The average Bonchev–Trinajstić information content (AvgIpc) is 2.45. The summed E-state index contributed by atoms with van der Waals surface area (Å²) in [6.07, 6.45) is 1.80. The van der Waals surface area contributed by atoms with Crippen LogP contribution in [0, 0.1) is 13.8 Å². The standard InChI is InChI=1S/C18H24N4/c1-13-9-14(2)11-15(10-13)22-17(19)21-12-18(3,4)16-7-5-6-8-20-16/h5-11H,12H2,1-4H3,(H3,19,21,22). The van der Waals surface area contributed by atoms with Gasteiger partial charge in [0.15, 0.2) is 5.96 Å². The third-order valence-electron chi connectivity index (χ3n) is 3.50. The molecule has 0 amide bonds. The summed E-state index contributed by atoms with van der Waals surface area (Å²) in [6.45, 7) is 8.94. The molecule has 0 fully saturated rings. The fourth-order valence-electron chi connectivity index (χ4n) is 2.36. The first-order valence-electron chi connectivity index (χ1n) is 7.43. The largest absolute Gasteiger partial charge is 0.370 e. The van der Waals surface area contributed by atoms with Gasteiger partial charge in [0.1, 0.15) is 0 Å². The van der Waals surface area contributed by atoms with Crippen LogP contribution in [0.15, 0.2) is 47.6 Å². The van der Waals surface area contributed by atoms with Crippen molar-refractivity contribution in [2.75, 3.05) is 11.9 Å². The number of anilines is 1. The third-order valence-corrected chi connectivity index (χ3v) is 3.50. The van der Waals surface area contributed by atoms with E-state index in [2.05, 4.69) is 61.2 Å². The molecule has 0 radical (unpaired) electrons. The van der Waals surface area contributed by atoms with Crippen molar-refractivity contribution in [3.63, 3.8) is 0 Å². The molecule has 2 aromatic rings. The van der Waals surface area contributed by atoms with Crippen molar-refractivity contribution in [1.82, 2.24) is 4.98 Å². The van der Waals surface area contributed by atoms with Crippen LogP contribution in [0.4, 0.5) is 5.69 Å². The average molecular weight is 296 g/mol. The summed E-state index contributed by atoms with van der Waals surface area (Å²) in [6, 6.07) is 12.2. The number of pyridine rings is 1. The van der Waals surface area contributed by atoms with E-state index in [0.29, 0.717) is 12.5 Å². The number of rotatable bonds is 4. The number of nitrogens with two attached hydrogens (primary N) is 1. The summed E-state index contributed by atoms with van der Waals surface area (Å²) in [7, 11) is 0. The Kier molecular flexibility index (Phi) is 4.81. The smallest absolute Gasteiger partial charge is 0.193 e. The minimum absolute atomic E-state index is 0.157. The van der Waals surface area contributed by atoms with Crippen LogP contribution in [0.2, 0.25) is 0 Å². The Morgan fingerprint density at radius 3 is 2.45 bits per heavy atom. The molecule has 1 aromatic heterocycles. The number of guanidine groups is 1. The molecule has 0 saturated heterocycles. The quantitative estimate of drug-likeness (QED) is 0.671. The predicted molar refractivity (Wildman–Crippen MR) is 93.3 cm³/mol. The van der Waals surface area contributed by atoms with Gasteiger partial charge >= 0.3 is 0 Å². The first kappa shape index (κ1) is 16.0. The van der Waals surface area contributed by atoms with Crippen molar-refractivity contribution in [3.05, 3.63) is 59.4 Å². The lowest BCUT2D eigenvalue weighted by Crippen LogP contribution is -2.28. The van der Waals surface area contributed by atoms with Gasteiger partial charge in [-0.25, -0.2) is 0 Å². The summed E-state index contributed by atoms with van der Waals surface area (Å²) in [4.78, 5) is 8.88. The van der Waals surface area contributed by atoms with Crippen molar-refractivity contribution in [1.29, 1.82) is 0 Å². The Labute approximate surface area is 132 Å². The van der Waals surface area contributed by atoms with Crippen molar-refractivity contribution in [2.24, 2.45) is 10.7 Å². The molecule has 1 heterocycles. The van der Waals surface area contributed by atoms with Gasteiger partial charge in [-0.1, -0.05) is 26.0 Å². The summed E-state index contributed by atoms with van der Waals surface area (Å²) in [5, 5.41) is 3.15. The molecule has 4 nitrogen and oxygen atoms in total. The monoisotopic (exact) mass is 296 g/mol. The van der Waals surface area contributed by atoms with E-state index in [1.807, 2.05) is 18.2 Å². The molecule has 3 N–H and O–H groups in total. The normalized spacial score (nSPS) is 12.3. The Morgan fingerprint density at radius 2 is 1.86 bits per heavy atom. The molecule has 2 rings (SSSR count). The maximum atomic E-state index is 6.01. The highest BCUT2D eigenvalue weighted by Gasteiger charge is 2.21. The van der Waals surface area contributed by atoms with E-state index in [1.54, 1.807) is 6.20 Å². The van der Waals surface area contributed by atoms with Crippen LogP contribution in [0.1, 0.15) is 30.7 Å². The minimum atomic E-state index is -0.157. The topological polar surface area (TPSA) is 63.3 Å². The van der Waals surface area contributed by atoms with Crippen molar-refractivity contribution in [2.45, 2.75) is 33.1 Å². The highest BCUT2D eigenvalue weighted by molar-refractivity contribution is 5.92. The SMILES string of the molecule is Cc1cc(C)cc(NC(N)=NCC(C)(C)c2ccccn2)c1. The number of aliphatic imine (C=N–C) groups is 1. The first-order valence-corrected chi connectivity index (χ1v) is 7.43. The lowest BCUT2D eigenvalue weighted by atomic mass is 9.89. The number of aryl methyl sites for hydroxylation is 2. The van der Waals surface area contributed by atoms with Crippen LogP contribution in [-0.4, -0.2) is 17.5 Å². The lowest BCUT2D eigenvalue weighted by Gasteiger charge is -2.21. The second-order valence-corrected chi connectivity index (χ2v) is 6.30. The number of hydrogen-bond donors (Lipinski definition) is 2. The van der Waals surface area contributed by atoms with Gasteiger partial charge in [-0.15, -0.1) is 0 Å². The van der Waals surface area contributed by atoms with Gasteiger partial charge < -0.3 is 11.1 Å². The van der Waals surface area contributed by atoms with Gasteiger partial charge in [0.2, 0.25) is 0 Å². The molecular formula is C18H24N4. The van der Waals surface area contributed by atoms with E-state index in [9.17, 15) is 0 Å². The number of hydrogen-bond acceptors (Lipinski definition) is 2. The molecule has 22 heavy (non-hydrogen) atoms. The molecule has 0 aliphatic heterocycles. The molecular weight excluding hydrogens is 272 g/mol. The summed E-state index contributed by atoms with van der Waals surface area (Å²) in [5.74, 6) is 0.425. The van der Waals surface area contributed by atoms with Crippen molar-refractivity contribution in [3.8, 4) is 0 Å². The molecule has 0 unspecified atom stereocenters. The minimum Gasteiger partial charge on any atom is -0.370 e. The molecule has 0 bridgehead atoms. The van der Waals surface area contributed by atoms with Gasteiger partial charge in [0.05, 0.1) is 6.54 Å². The zero-order valence-corrected chi connectivity index (χ0v) is 13.7. The zero-order valence-electron chi connectivity index (χ0n) is 13.7. The van der Waals surface area contributed by atoms with E-state index in [1.165, 1.54) is 11.1 Å². The Balaban J connectivity index is 2.06. The highest BCUT2D eigenvalue weighted by atomic mass is 15.1. The predicted octanol–water partition coefficient (Wildman–Crippen LogP) is 3.40.